The molecule has 4 atom stereocenters. The molecule has 1 aliphatic carbocycles. The number of alkyl halides is 6. The monoisotopic (exact) mass is 463 g/mol. The highest BCUT2D eigenvalue weighted by Crippen LogP contribution is 2.45. The lowest BCUT2D eigenvalue weighted by Crippen LogP contribution is -2.48. The Kier molecular flexibility index (Phi) is 7.06. The molecule has 0 spiro atoms. The maximum atomic E-state index is 12.8. The van der Waals surface area contributed by atoms with Gasteiger partial charge in [0.1, 0.15) is 12.7 Å². The fourth-order valence-electron chi connectivity index (χ4n) is 3.60. The molecule has 1 heterocycles. The zero-order valence-electron chi connectivity index (χ0n) is 16.9. The lowest BCUT2D eigenvalue weighted by molar-refractivity contribution is -0.314. The van der Waals surface area contributed by atoms with E-state index in [1.807, 2.05) is 20.8 Å². The number of carbonyl (C=O) groups excluding carboxylic acids is 3. The standard InChI is InChI=1S/C18H23F6NO6/c1-16(2,3)7-25-15(28)30-10-6-29-12(26)9-5-4-8(10)11(9)13(27)31-14(17(19,20)21)18(22,23)24/h8-11,14H,4-7H2,1-3H3,(H,25,28). The Labute approximate surface area is 173 Å². The Morgan fingerprint density at radius 2 is 1.68 bits per heavy atom. The maximum absolute atomic E-state index is 12.8. The number of cyclic esters (lactones) is 1. The molecule has 7 nitrogen and oxygen atoms in total. The van der Waals surface area contributed by atoms with E-state index >= 15 is 0 Å². The molecular weight excluding hydrogens is 440 g/mol. The van der Waals surface area contributed by atoms with Gasteiger partial charge in [-0.05, 0) is 18.3 Å². The first-order chi connectivity index (χ1) is 14.0. The van der Waals surface area contributed by atoms with Crippen molar-refractivity contribution in [1.82, 2.24) is 5.32 Å². The molecule has 1 amide bonds. The summed E-state index contributed by atoms with van der Waals surface area (Å²) in [7, 11) is 0. The van der Waals surface area contributed by atoms with Crippen LogP contribution in [0.4, 0.5) is 31.1 Å². The van der Waals surface area contributed by atoms with Crippen LogP contribution in [0, 0.1) is 23.2 Å². The fraction of sp³-hybridized carbons (Fsp3) is 0.833. The van der Waals surface area contributed by atoms with Crippen molar-refractivity contribution >= 4 is 18.0 Å². The summed E-state index contributed by atoms with van der Waals surface area (Å²) in [6, 6.07) is 0. The number of ether oxygens (including phenoxy) is 3. The number of fused-ring (bicyclic) bond motifs is 2. The van der Waals surface area contributed by atoms with Gasteiger partial charge in [-0.2, -0.15) is 26.3 Å². The van der Waals surface area contributed by atoms with E-state index in [1.54, 1.807) is 0 Å². The largest absolute Gasteiger partial charge is 0.461 e. The predicted octanol–water partition coefficient (Wildman–Crippen LogP) is 3.36. The number of rotatable bonds is 4. The van der Waals surface area contributed by atoms with Crippen molar-refractivity contribution in [2.75, 3.05) is 13.2 Å². The van der Waals surface area contributed by atoms with Gasteiger partial charge in [-0.3, -0.25) is 9.59 Å². The van der Waals surface area contributed by atoms with E-state index in [2.05, 4.69) is 10.1 Å². The Morgan fingerprint density at radius 1 is 1.10 bits per heavy atom. The zero-order chi connectivity index (χ0) is 23.8. The van der Waals surface area contributed by atoms with E-state index in [9.17, 15) is 40.7 Å². The van der Waals surface area contributed by atoms with Gasteiger partial charge in [0.05, 0.1) is 11.8 Å². The molecule has 0 aromatic heterocycles. The van der Waals surface area contributed by atoms with Crippen LogP contribution in [0.5, 0.6) is 0 Å². The molecule has 0 aromatic rings. The van der Waals surface area contributed by atoms with Gasteiger partial charge in [-0.25, -0.2) is 4.79 Å². The van der Waals surface area contributed by atoms with Crippen LogP contribution in [0.15, 0.2) is 0 Å². The zero-order valence-corrected chi connectivity index (χ0v) is 16.9. The summed E-state index contributed by atoms with van der Waals surface area (Å²) < 4.78 is 90.5. The lowest BCUT2D eigenvalue weighted by Gasteiger charge is -2.28. The second kappa shape index (κ2) is 8.73. The maximum Gasteiger partial charge on any atom is 0.434 e. The number of hydrogen-bond donors (Lipinski definition) is 1. The highest BCUT2D eigenvalue weighted by atomic mass is 19.4. The third kappa shape index (κ3) is 6.39. The number of nitrogens with one attached hydrogen (secondary N) is 1. The Hall–Kier alpha value is -2.21. The average molecular weight is 463 g/mol. The molecule has 2 aliphatic rings. The van der Waals surface area contributed by atoms with Crippen LogP contribution < -0.4 is 5.32 Å². The van der Waals surface area contributed by atoms with Gasteiger partial charge in [0.15, 0.2) is 0 Å². The molecule has 2 rings (SSSR count). The van der Waals surface area contributed by atoms with Gasteiger partial charge in [0.25, 0.3) is 6.10 Å². The van der Waals surface area contributed by atoms with E-state index in [-0.39, 0.29) is 24.8 Å². The topological polar surface area (TPSA) is 90.9 Å². The van der Waals surface area contributed by atoms with Crippen molar-refractivity contribution in [2.24, 2.45) is 23.2 Å². The second-order valence-electron chi connectivity index (χ2n) is 8.76. The number of halogens is 6. The number of carbonyl (C=O) groups is 3. The molecule has 31 heavy (non-hydrogen) atoms. The van der Waals surface area contributed by atoms with E-state index < -0.39 is 67.0 Å². The third-order valence-electron chi connectivity index (χ3n) is 5.00. The van der Waals surface area contributed by atoms with Crippen LogP contribution >= 0.6 is 0 Å². The molecule has 0 radical (unpaired) electrons. The summed E-state index contributed by atoms with van der Waals surface area (Å²) in [4.78, 5) is 36.5. The third-order valence-corrected chi connectivity index (χ3v) is 5.00. The van der Waals surface area contributed by atoms with Gasteiger partial charge in [0, 0.05) is 12.5 Å². The van der Waals surface area contributed by atoms with Crippen molar-refractivity contribution in [2.45, 2.75) is 58.2 Å². The molecule has 1 saturated heterocycles. The van der Waals surface area contributed by atoms with Gasteiger partial charge in [-0.1, -0.05) is 20.8 Å². The van der Waals surface area contributed by atoms with Gasteiger partial charge < -0.3 is 19.5 Å². The van der Waals surface area contributed by atoms with Crippen LogP contribution in [0.25, 0.3) is 0 Å². The molecule has 2 bridgehead atoms. The van der Waals surface area contributed by atoms with Crippen molar-refractivity contribution in [3.05, 3.63) is 0 Å². The minimum atomic E-state index is -5.89. The minimum absolute atomic E-state index is 0.0323. The van der Waals surface area contributed by atoms with Gasteiger partial charge in [-0.15, -0.1) is 0 Å². The molecule has 178 valence electrons. The van der Waals surface area contributed by atoms with Crippen LogP contribution in [0.3, 0.4) is 0 Å². The highest BCUT2D eigenvalue weighted by molar-refractivity contribution is 5.84. The first-order valence-electron chi connectivity index (χ1n) is 9.46. The molecule has 4 unspecified atom stereocenters. The molecule has 1 saturated carbocycles. The van der Waals surface area contributed by atoms with E-state index in [0.717, 1.165) is 0 Å². The summed E-state index contributed by atoms with van der Waals surface area (Å²) in [5.74, 6) is -6.80. The van der Waals surface area contributed by atoms with Crippen LogP contribution in [-0.4, -0.2) is 55.7 Å². The SMILES string of the molecule is CC(C)(C)CNC(=O)OC1COC(=O)C2CCC1C2C(=O)OC(C(F)(F)F)C(F)(F)F. The predicted molar refractivity (Wildman–Crippen MR) is 90.4 cm³/mol. The quantitative estimate of drug-likeness (QED) is 0.391. The average Bonchev–Trinajstić information content (AvgIpc) is 2.98. The smallest absolute Gasteiger partial charge is 0.434 e. The van der Waals surface area contributed by atoms with Crippen LogP contribution in [-0.2, 0) is 23.8 Å². The summed E-state index contributed by atoms with van der Waals surface area (Å²) >= 11 is 0. The lowest BCUT2D eigenvalue weighted by atomic mass is 9.87. The normalized spacial score (nSPS) is 26.8. The van der Waals surface area contributed by atoms with Crippen molar-refractivity contribution in [3.63, 3.8) is 0 Å². The Bertz CT molecular complexity index is 687. The second-order valence-corrected chi connectivity index (χ2v) is 8.76. The minimum Gasteiger partial charge on any atom is -0.461 e. The Morgan fingerprint density at radius 3 is 2.19 bits per heavy atom. The summed E-state index contributed by atoms with van der Waals surface area (Å²) in [5.41, 5.74) is -0.302. The molecule has 0 aromatic carbocycles. The first kappa shape index (κ1) is 25.1. The first-order valence-corrected chi connectivity index (χ1v) is 9.46. The number of esters is 2. The van der Waals surface area contributed by atoms with Crippen LogP contribution in [0.2, 0.25) is 0 Å². The molecule has 13 heteroatoms. The fourth-order valence-corrected chi connectivity index (χ4v) is 3.60. The summed E-state index contributed by atoms with van der Waals surface area (Å²) in [6.07, 6.45) is -18.2. The van der Waals surface area contributed by atoms with E-state index in [4.69, 9.17) is 9.47 Å². The summed E-state index contributed by atoms with van der Waals surface area (Å²) in [6.45, 7) is 5.20. The number of amides is 1. The van der Waals surface area contributed by atoms with Gasteiger partial charge in [0.2, 0.25) is 0 Å². The van der Waals surface area contributed by atoms with Crippen LogP contribution in [0.1, 0.15) is 33.6 Å². The van der Waals surface area contributed by atoms with E-state index in [1.165, 1.54) is 0 Å². The van der Waals surface area contributed by atoms with Crippen molar-refractivity contribution < 1.29 is 54.9 Å². The van der Waals surface area contributed by atoms with Crippen molar-refractivity contribution in [3.8, 4) is 0 Å². The molecular formula is C18H23F6NO6. The number of alkyl carbamates (subject to hydrolysis) is 1. The van der Waals surface area contributed by atoms with Crippen molar-refractivity contribution in [1.29, 1.82) is 0 Å². The molecule has 1 aliphatic heterocycles. The van der Waals surface area contributed by atoms with E-state index in [0.29, 0.717) is 0 Å². The molecule has 1 N–H and O–H groups in total. The highest BCUT2D eigenvalue weighted by Gasteiger charge is 2.62. The number of hydrogen-bond acceptors (Lipinski definition) is 6. The Balaban J connectivity index is 2.19. The van der Waals surface area contributed by atoms with Gasteiger partial charge >= 0.3 is 30.4 Å². The molecule has 2 fully saturated rings. The summed E-state index contributed by atoms with van der Waals surface area (Å²) in [5, 5.41) is 2.46.